The van der Waals surface area contributed by atoms with Crippen molar-refractivity contribution >= 4 is 11.8 Å². The van der Waals surface area contributed by atoms with Crippen LogP contribution >= 0.6 is 0 Å². The number of amides is 2. The first-order valence-electron chi connectivity index (χ1n) is 11.1. The minimum absolute atomic E-state index is 0.0595. The predicted molar refractivity (Wildman–Crippen MR) is 125 cm³/mol. The van der Waals surface area contributed by atoms with Crippen LogP contribution in [0.3, 0.4) is 0 Å². The van der Waals surface area contributed by atoms with Gasteiger partial charge in [-0.2, -0.15) is 0 Å². The molecule has 2 aromatic rings. The average Bonchev–Trinajstić information content (AvgIpc) is 2.74. The standard InChI is InChI=1S/C26H36N2O3/c1-7-21(6)27-26(30)24(8-2)28(16-22-11-9-10-18(3)14-22)25(29)17-31-23-13-12-19(4)20(5)15-23/h9-15,21,24H,7-8,16-17H2,1-6H3,(H,27,30)/t21-,24-/m0/s1. The maximum absolute atomic E-state index is 13.2. The van der Waals surface area contributed by atoms with E-state index in [1.165, 1.54) is 5.56 Å². The molecular weight excluding hydrogens is 388 g/mol. The third kappa shape index (κ3) is 7.12. The molecule has 0 unspecified atom stereocenters. The fourth-order valence-corrected chi connectivity index (χ4v) is 3.40. The monoisotopic (exact) mass is 424 g/mol. The molecule has 2 aromatic carbocycles. The molecule has 0 spiro atoms. The van der Waals surface area contributed by atoms with Crippen molar-refractivity contribution in [3.8, 4) is 5.75 Å². The highest BCUT2D eigenvalue weighted by atomic mass is 16.5. The second-order valence-corrected chi connectivity index (χ2v) is 8.29. The Balaban J connectivity index is 2.22. The van der Waals surface area contributed by atoms with E-state index in [9.17, 15) is 9.59 Å². The molecule has 5 heteroatoms. The molecule has 0 aliphatic carbocycles. The normalized spacial score (nSPS) is 12.7. The molecule has 0 saturated carbocycles. The quantitative estimate of drug-likeness (QED) is 0.601. The van der Waals surface area contributed by atoms with Crippen LogP contribution in [0.4, 0.5) is 0 Å². The smallest absolute Gasteiger partial charge is 0.261 e. The van der Waals surface area contributed by atoms with Gasteiger partial charge >= 0.3 is 0 Å². The Morgan fingerprint density at radius 1 is 1.00 bits per heavy atom. The number of nitrogens with one attached hydrogen (secondary N) is 1. The Hall–Kier alpha value is -2.82. The summed E-state index contributed by atoms with van der Waals surface area (Å²) in [6.45, 7) is 12.3. The number of carbonyl (C=O) groups excluding carboxylic acids is 2. The number of rotatable bonds is 10. The lowest BCUT2D eigenvalue weighted by Crippen LogP contribution is -2.51. The largest absolute Gasteiger partial charge is 0.484 e. The first-order valence-corrected chi connectivity index (χ1v) is 11.1. The molecule has 168 valence electrons. The van der Waals surface area contributed by atoms with E-state index in [1.807, 2.05) is 84.0 Å². The Labute approximate surface area is 186 Å². The highest BCUT2D eigenvalue weighted by molar-refractivity contribution is 5.88. The van der Waals surface area contributed by atoms with E-state index < -0.39 is 6.04 Å². The molecule has 1 N–H and O–H groups in total. The van der Waals surface area contributed by atoms with E-state index in [1.54, 1.807) is 4.90 Å². The van der Waals surface area contributed by atoms with Crippen LogP contribution in [0.25, 0.3) is 0 Å². The number of carbonyl (C=O) groups is 2. The minimum atomic E-state index is -0.551. The van der Waals surface area contributed by atoms with Crippen LogP contribution in [-0.2, 0) is 16.1 Å². The molecule has 0 fully saturated rings. The topological polar surface area (TPSA) is 58.6 Å². The number of hydrogen-bond acceptors (Lipinski definition) is 3. The van der Waals surface area contributed by atoms with E-state index in [4.69, 9.17) is 4.74 Å². The Morgan fingerprint density at radius 3 is 2.35 bits per heavy atom. The van der Waals surface area contributed by atoms with Gasteiger partial charge in [-0.15, -0.1) is 0 Å². The van der Waals surface area contributed by atoms with E-state index >= 15 is 0 Å². The van der Waals surface area contributed by atoms with Crippen LogP contribution in [0.2, 0.25) is 0 Å². The van der Waals surface area contributed by atoms with E-state index in [0.29, 0.717) is 18.7 Å². The summed E-state index contributed by atoms with van der Waals surface area (Å²) < 4.78 is 5.80. The lowest BCUT2D eigenvalue weighted by Gasteiger charge is -2.31. The fraction of sp³-hybridized carbons (Fsp3) is 0.462. The molecule has 5 nitrogen and oxygen atoms in total. The Morgan fingerprint density at radius 2 is 1.74 bits per heavy atom. The summed E-state index contributed by atoms with van der Waals surface area (Å²) in [6.07, 6.45) is 1.37. The van der Waals surface area contributed by atoms with Gasteiger partial charge in [-0.3, -0.25) is 9.59 Å². The molecule has 0 bridgehead atoms. The fourth-order valence-electron chi connectivity index (χ4n) is 3.40. The SMILES string of the molecule is CC[C@H](C)NC(=O)[C@H](CC)N(Cc1cccc(C)c1)C(=O)COc1ccc(C)c(C)c1. The van der Waals surface area contributed by atoms with Crippen LogP contribution in [0.15, 0.2) is 42.5 Å². The van der Waals surface area contributed by atoms with Crippen molar-refractivity contribution in [2.24, 2.45) is 0 Å². The second-order valence-electron chi connectivity index (χ2n) is 8.29. The van der Waals surface area contributed by atoms with Crippen LogP contribution in [0, 0.1) is 20.8 Å². The van der Waals surface area contributed by atoms with Crippen molar-refractivity contribution in [1.29, 1.82) is 0 Å². The summed E-state index contributed by atoms with van der Waals surface area (Å²) in [5.74, 6) is 0.332. The van der Waals surface area contributed by atoms with Gasteiger partial charge < -0.3 is 15.0 Å². The molecule has 0 aliphatic heterocycles. The average molecular weight is 425 g/mol. The summed E-state index contributed by atoms with van der Waals surface area (Å²) in [5, 5.41) is 3.03. The van der Waals surface area contributed by atoms with Crippen molar-refractivity contribution in [1.82, 2.24) is 10.2 Å². The summed E-state index contributed by atoms with van der Waals surface area (Å²) in [4.78, 5) is 27.8. The lowest BCUT2D eigenvalue weighted by atomic mass is 10.1. The molecule has 31 heavy (non-hydrogen) atoms. The molecule has 0 heterocycles. The molecule has 0 aliphatic rings. The molecule has 2 atom stereocenters. The summed E-state index contributed by atoms with van der Waals surface area (Å²) in [5.41, 5.74) is 4.40. The van der Waals surface area contributed by atoms with Crippen molar-refractivity contribution in [2.45, 2.75) is 73.0 Å². The van der Waals surface area contributed by atoms with Gasteiger partial charge in [0.25, 0.3) is 5.91 Å². The van der Waals surface area contributed by atoms with Gasteiger partial charge in [0.1, 0.15) is 11.8 Å². The zero-order chi connectivity index (χ0) is 23.0. The van der Waals surface area contributed by atoms with Gasteiger partial charge in [-0.1, -0.05) is 49.7 Å². The summed E-state index contributed by atoms with van der Waals surface area (Å²) in [7, 11) is 0. The molecule has 0 radical (unpaired) electrons. The van der Waals surface area contributed by atoms with Gasteiger partial charge in [0.15, 0.2) is 6.61 Å². The zero-order valence-corrected chi connectivity index (χ0v) is 19.7. The molecular formula is C26H36N2O3. The van der Waals surface area contributed by atoms with Gasteiger partial charge in [0.05, 0.1) is 0 Å². The zero-order valence-electron chi connectivity index (χ0n) is 19.7. The Bertz CT molecular complexity index is 894. The maximum atomic E-state index is 13.2. The first-order chi connectivity index (χ1) is 14.7. The second kappa shape index (κ2) is 11.5. The van der Waals surface area contributed by atoms with Gasteiger partial charge in [0.2, 0.25) is 5.91 Å². The number of benzene rings is 2. The molecule has 0 aromatic heterocycles. The highest BCUT2D eigenvalue weighted by Crippen LogP contribution is 2.18. The van der Waals surface area contributed by atoms with Gasteiger partial charge in [-0.05, 0) is 69.4 Å². The van der Waals surface area contributed by atoms with Crippen molar-refractivity contribution in [2.75, 3.05) is 6.61 Å². The number of nitrogens with zero attached hydrogens (tertiary/aromatic N) is 1. The number of aryl methyl sites for hydroxylation is 3. The minimum Gasteiger partial charge on any atom is -0.484 e. The molecule has 0 saturated heterocycles. The van der Waals surface area contributed by atoms with E-state index in [2.05, 4.69) is 5.32 Å². The molecule has 2 rings (SSSR count). The Kier molecular flexibility index (Phi) is 9.10. The van der Waals surface area contributed by atoms with Crippen LogP contribution < -0.4 is 10.1 Å². The predicted octanol–water partition coefficient (Wildman–Crippen LogP) is 4.71. The van der Waals surface area contributed by atoms with E-state index in [-0.39, 0.29) is 24.5 Å². The van der Waals surface area contributed by atoms with Crippen LogP contribution in [0.5, 0.6) is 5.75 Å². The van der Waals surface area contributed by atoms with Crippen molar-refractivity contribution < 1.29 is 14.3 Å². The highest BCUT2D eigenvalue weighted by Gasteiger charge is 2.29. The lowest BCUT2D eigenvalue weighted by molar-refractivity contribution is -0.143. The third-order valence-corrected chi connectivity index (χ3v) is 5.66. The van der Waals surface area contributed by atoms with E-state index in [0.717, 1.165) is 23.1 Å². The first kappa shape index (κ1) is 24.4. The summed E-state index contributed by atoms with van der Waals surface area (Å²) in [6, 6.07) is 13.3. The van der Waals surface area contributed by atoms with Crippen LogP contribution in [0.1, 0.15) is 55.9 Å². The van der Waals surface area contributed by atoms with Gasteiger partial charge in [0, 0.05) is 12.6 Å². The van der Waals surface area contributed by atoms with Crippen LogP contribution in [-0.4, -0.2) is 35.4 Å². The van der Waals surface area contributed by atoms with Gasteiger partial charge in [-0.25, -0.2) is 0 Å². The summed E-state index contributed by atoms with van der Waals surface area (Å²) >= 11 is 0. The molecule has 2 amide bonds. The van der Waals surface area contributed by atoms with Crippen molar-refractivity contribution in [3.63, 3.8) is 0 Å². The number of hydrogen-bond donors (Lipinski definition) is 1. The number of ether oxygens (including phenoxy) is 1. The third-order valence-electron chi connectivity index (χ3n) is 5.66. The maximum Gasteiger partial charge on any atom is 0.261 e. The van der Waals surface area contributed by atoms with Crippen molar-refractivity contribution in [3.05, 3.63) is 64.7 Å².